The SMILES string of the molecule is CN1C(=O)CCCC1CN1CCN(c2ccc3c(=O)n(C)cnc3c2)CC1. The first kappa shape index (κ1) is 18.0. The van der Waals surface area contributed by atoms with E-state index in [1.54, 1.807) is 13.4 Å². The van der Waals surface area contributed by atoms with Crippen LogP contribution in [0.25, 0.3) is 10.9 Å². The lowest BCUT2D eigenvalue weighted by Gasteiger charge is -2.40. The molecule has 0 saturated carbocycles. The van der Waals surface area contributed by atoms with E-state index < -0.39 is 0 Å². The van der Waals surface area contributed by atoms with Crippen LogP contribution in [0.15, 0.2) is 29.3 Å². The summed E-state index contributed by atoms with van der Waals surface area (Å²) in [5.41, 5.74) is 1.86. The van der Waals surface area contributed by atoms with Gasteiger partial charge in [0.1, 0.15) is 0 Å². The highest BCUT2D eigenvalue weighted by Gasteiger charge is 2.28. The van der Waals surface area contributed by atoms with Gasteiger partial charge in [-0.3, -0.25) is 14.5 Å². The van der Waals surface area contributed by atoms with Gasteiger partial charge in [-0.1, -0.05) is 0 Å². The molecule has 0 spiro atoms. The lowest BCUT2D eigenvalue weighted by atomic mass is 10.0. The zero-order valence-electron chi connectivity index (χ0n) is 16.1. The number of piperidine rings is 1. The van der Waals surface area contributed by atoms with Gasteiger partial charge in [0, 0.05) is 65.0 Å². The molecule has 0 N–H and O–H groups in total. The van der Waals surface area contributed by atoms with E-state index in [1.165, 1.54) is 4.57 Å². The van der Waals surface area contributed by atoms with E-state index >= 15 is 0 Å². The van der Waals surface area contributed by atoms with Crippen LogP contribution in [0.1, 0.15) is 19.3 Å². The maximum absolute atomic E-state index is 12.2. The molecule has 2 aliphatic heterocycles. The molecule has 3 heterocycles. The Morgan fingerprint density at radius 1 is 1.11 bits per heavy atom. The van der Waals surface area contributed by atoms with Crippen molar-refractivity contribution in [1.82, 2.24) is 19.4 Å². The molecule has 0 aliphatic carbocycles. The smallest absolute Gasteiger partial charge is 0.260 e. The standard InChI is InChI=1S/C20H27N5O2/c1-22-14-21-18-12-15(6-7-17(18)20(22)27)25-10-8-24(9-11-25)13-16-4-3-5-19(26)23(16)2/h6-7,12,14,16H,3-5,8-11,13H2,1-2H3. The Morgan fingerprint density at radius 3 is 2.67 bits per heavy atom. The topological polar surface area (TPSA) is 61.7 Å². The average molecular weight is 369 g/mol. The van der Waals surface area contributed by atoms with Crippen molar-refractivity contribution < 1.29 is 4.79 Å². The number of aromatic nitrogens is 2. The molecule has 2 aliphatic rings. The molecule has 7 heteroatoms. The van der Waals surface area contributed by atoms with Crippen molar-refractivity contribution in [2.24, 2.45) is 7.05 Å². The Bertz CT molecular complexity index is 901. The molecule has 1 amide bonds. The maximum Gasteiger partial charge on any atom is 0.260 e. The highest BCUT2D eigenvalue weighted by molar-refractivity contribution is 5.81. The molecular weight excluding hydrogens is 342 g/mol. The summed E-state index contributed by atoms with van der Waals surface area (Å²) < 4.78 is 1.51. The molecule has 0 radical (unpaired) electrons. The van der Waals surface area contributed by atoms with Crippen LogP contribution in [0, 0.1) is 0 Å². The minimum absolute atomic E-state index is 0.0116. The number of amides is 1. The molecule has 1 aromatic heterocycles. The third-order valence-electron chi connectivity index (χ3n) is 5.98. The fourth-order valence-electron chi connectivity index (χ4n) is 4.16. The normalized spacial score (nSPS) is 21.9. The monoisotopic (exact) mass is 369 g/mol. The van der Waals surface area contributed by atoms with Crippen LogP contribution in [0.2, 0.25) is 0 Å². The van der Waals surface area contributed by atoms with Crippen LogP contribution in [-0.2, 0) is 11.8 Å². The van der Waals surface area contributed by atoms with Gasteiger partial charge in [0.05, 0.1) is 17.2 Å². The number of piperazine rings is 1. The first-order valence-corrected chi connectivity index (χ1v) is 9.71. The lowest BCUT2D eigenvalue weighted by Crippen LogP contribution is -2.52. The lowest BCUT2D eigenvalue weighted by molar-refractivity contribution is -0.135. The van der Waals surface area contributed by atoms with Gasteiger partial charge in [-0.25, -0.2) is 4.98 Å². The number of carbonyl (C=O) groups is 1. The highest BCUT2D eigenvalue weighted by Crippen LogP contribution is 2.22. The van der Waals surface area contributed by atoms with Crippen LogP contribution in [0.3, 0.4) is 0 Å². The molecular formula is C20H27N5O2. The summed E-state index contributed by atoms with van der Waals surface area (Å²) in [6, 6.07) is 6.27. The van der Waals surface area contributed by atoms with E-state index in [9.17, 15) is 9.59 Å². The van der Waals surface area contributed by atoms with Gasteiger partial charge >= 0.3 is 0 Å². The molecule has 144 valence electrons. The van der Waals surface area contributed by atoms with E-state index in [4.69, 9.17) is 0 Å². The van der Waals surface area contributed by atoms with Gasteiger partial charge in [-0.05, 0) is 31.0 Å². The van der Waals surface area contributed by atoms with Crippen molar-refractivity contribution in [2.75, 3.05) is 44.7 Å². The predicted octanol–water partition coefficient (Wildman–Crippen LogP) is 1.07. The van der Waals surface area contributed by atoms with Gasteiger partial charge in [0.25, 0.3) is 5.56 Å². The summed E-state index contributed by atoms with van der Waals surface area (Å²) in [5.74, 6) is 0.277. The number of likely N-dealkylation sites (tertiary alicyclic amines) is 1. The van der Waals surface area contributed by atoms with Crippen molar-refractivity contribution in [3.05, 3.63) is 34.9 Å². The average Bonchev–Trinajstić information content (AvgIpc) is 2.69. The van der Waals surface area contributed by atoms with Gasteiger partial charge in [-0.2, -0.15) is 0 Å². The Labute approximate surface area is 159 Å². The van der Waals surface area contributed by atoms with E-state index in [-0.39, 0.29) is 11.5 Å². The number of nitrogens with zero attached hydrogens (tertiary/aromatic N) is 5. The third kappa shape index (κ3) is 3.56. The van der Waals surface area contributed by atoms with Gasteiger partial charge in [0.2, 0.25) is 5.91 Å². The summed E-state index contributed by atoms with van der Waals surface area (Å²) >= 11 is 0. The zero-order valence-corrected chi connectivity index (χ0v) is 16.1. The molecule has 1 aromatic carbocycles. The number of carbonyl (C=O) groups excluding carboxylic acids is 1. The number of fused-ring (bicyclic) bond motifs is 1. The fourth-order valence-corrected chi connectivity index (χ4v) is 4.16. The van der Waals surface area contributed by atoms with E-state index in [2.05, 4.69) is 14.8 Å². The molecule has 1 atom stereocenters. The Kier molecular flexibility index (Phi) is 4.86. The van der Waals surface area contributed by atoms with Crippen molar-refractivity contribution in [2.45, 2.75) is 25.3 Å². The fraction of sp³-hybridized carbons (Fsp3) is 0.550. The Balaban J connectivity index is 1.40. The second-order valence-corrected chi connectivity index (χ2v) is 7.70. The van der Waals surface area contributed by atoms with Crippen molar-refractivity contribution in [3.8, 4) is 0 Å². The van der Waals surface area contributed by atoms with Gasteiger partial charge < -0.3 is 14.4 Å². The quantitative estimate of drug-likeness (QED) is 0.810. The highest BCUT2D eigenvalue weighted by atomic mass is 16.2. The number of rotatable bonds is 3. The van der Waals surface area contributed by atoms with Gasteiger partial charge in [0.15, 0.2) is 0 Å². The Morgan fingerprint density at radius 2 is 1.89 bits per heavy atom. The predicted molar refractivity (Wildman–Crippen MR) is 106 cm³/mol. The molecule has 2 fully saturated rings. The third-order valence-corrected chi connectivity index (χ3v) is 5.98. The van der Waals surface area contributed by atoms with Crippen molar-refractivity contribution in [1.29, 1.82) is 0 Å². The number of hydrogen-bond acceptors (Lipinski definition) is 5. The second-order valence-electron chi connectivity index (χ2n) is 7.70. The number of hydrogen-bond donors (Lipinski definition) is 0. The molecule has 7 nitrogen and oxygen atoms in total. The Hall–Kier alpha value is -2.41. The maximum atomic E-state index is 12.2. The van der Waals surface area contributed by atoms with Crippen LogP contribution in [0.5, 0.6) is 0 Å². The molecule has 27 heavy (non-hydrogen) atoms. The van der Waals surface area contributed by atoms with E-state index in [0.717, 1.165) is 56.8 Å². The first-order valence-electron chi connectivity index (χ1n) is 9.71. The van der Waals surface area contributed by atoms with Gasteiger partial charge in [-0.15, -0.1) is 0 Å². The summed E-state index contributed by atoms with van der Waals surface area (Å²) in [6.07, 6.45) is 4.39. The molecule has 2 aromatic rings. The molecule has 1 unspecified atom stereocenters. The minimum atomic E-state index is -0.0116. The van der Waals surface area contributed by atoms with Crippen molar-refractivity contribution >= 4 is 22.5 Å². The summed E-state index contributed by atoms with van der Waals surface area (Å²) in [5, 5.41) is 0.660. The van der Waals surface area contributed by atoms with Crippen LogP contribution in [0.4, 0.5) is 5.69 Å². The molecule has 0 bridgehead atoms. The zero-order chi connectivity index (χ0) is 19.0. The number of likely N-dealkylation sites (N-methyl/N-ethyl adjacent to an activating group) is 1. The van der Waals surface area contributed by atoms with Crippen LogP contribution >= 0.6 is 0 Å². The molecule has 2 saturated heterocycles. The van der Waals surface area contributed by atoms with Crippen molar-refractivity contribution in [3.63, 3.8) is 0 Å². The van der Waals surface area contributed by atoms with E-state index in [0.29, 0.717) is 17.8 Å². The first-order chi connectivity index (χ1) is 13.0. The van der Waals surface area contributed by atoms with Crippen LogP contribution < -0.4 is 10.5 Å². The number of anilines is 1. The summed E-state index contributed by atoms with van der Waals surface area (Å²) in [4.78, 5) is 35.2. The number of aryl methyl sites for hydroxylation is 1. The summed E-state index contributed by atoms with van der Waals surface area (Å²) in [7, 11) is 3.66. The molecule has 4 rings (SSSR count). The minimum Gasteiger partial charge on any atom is -0.369 e. The van der Waals surface area contributed by atoms with E-state index in [1.807, 2.05) is 30.1 Å². The number of benzene rings is 1. The van der Waals surface area contributed by atoms with Crippen LogP contribution in [-0.4, -0.2) is 71.1 Å². The summed E-state index contributed by atoms with van der Waals surface area (Å²) in [6.45, 7) is 4.83. The largest absolute Gasteiger partial charge is 0.369 e. The second kappa shape index (κ2) is 7.31.